The zero-order chi connectivity index (χ0) is 21.7. The highest BCUT2D eigenvalue weighted by atomic mass is 35.5. The molecule has 2 N–H and O–H groups in total. The zero-order valence-corrected chi connectivity index (χ0v) is 18.0. The second kappa shape index (κ2) is 9.19. The average Bonchev–Trinajstić information content (AvgIpc) is 2.71. The maximum Gasteiger partial charge on any atom is 0.265 e. The van der Waals surface area contributed by atoms with Crippen molar-refractivity contribution in [1.29, 1.82) is 0 Å². The number of benzene rings is 3. The number of carbonyl (C=O) groups excluding carboxylic acids is 1. The molecule has 8 heteroatoms. The monoisotopic (exact) mass is 444 g/mol. The van der Waals surface area contributed by atoms with Gasteiger partial charge in [-0.3, -0.25) is 9.52 Å². The van der Waals surface area contributed by atoms with Gasteiger partial charge in [0.2, 0.25) is 0 Å². The molecule has 0 radical (unpaired) electrons. The molecule has 0 unspecified atom stereocenters. The van der Waals surface area contributed by atoms with E-state index in [9.17, 15) is 13.2 Å². The van der Waals surface area contributed by atoms with Gasteiger partial charge < -0.3 is 10.1 Å². The largest absolute Gasteiger partial charge is 0.481 e. The minimum Gasteiger partial charge on any atom is -0.481 e. The highest BCUT2D eigenvalue weighted by Gasteiger charge is 2.17. The van der Waals surface area contributed by atoms with E-state index in [2.05, 4.69) is 10.0 Å². The van der Waals surface area contributed by atoms with Gasteiger partial charge in [-0.2, -0.15) is 0 Å². The van der Waals surface area contributed by atoms with Gasteiger partial charge in [-0.05, 0) is 67.9 Å². The maximum absolute atomic E-state index is 12.6. The molecule has 3 aromatic rings. The Labute approximate surface area is 180 Å². The van der Waals surface area contributed by atoms with Crippen molar-refractivity contribution in [3.8, 4) is 5.75 Å². The fourth-order valence-electron chi connectivity index (χ4n) is 2.59. The summed E-state index contributed by atoms with van der Waals surface area (Å²) in [6.07, 6.45) is -0.719. The van der Waals surface area contributed by atoms with E-state index in [4.69, 9.17) is 16.3 Å². The van der Waals surface area contributed by atoms with Crippen LogP contribution in [0, 0.1) is 6.92 Å². The fourth-order valence-corrected chi connectivity index (χ4v) is 3.82. The molecular weight excluding hydrogens is 424 g/mol. The molecule has 0 heterocycles. The van der Waals surface area contributed by atoms with Crippen LogP contribution in [0.5, 0.6) is 5.75 Å². The molecule has 3 rings (SSSR count). The number of hydrogen-bond acceptors (Lipinski definition) is 4. The van der Waals surface area contributed by atoms with Crippen LogP contribution in [0.2, 0.25) is 5.02 Å². The molecule has 0 aromatic heterocycles. The summed E-state index contributed by atoms with van der Waals surface area (Å²) in [4.78, 5) is 12.4. The Morgan fingerprint density at radius 2 is 1.60 bits per heavy atom. The molecular formula is C22H21ClN2O4S. The summed E-state index contributed by atoms with van der Waals surface area (Å²) in [5, 5.41) is 3.18. The SMILES string of the molecule is Cc1ccc(NS(=O)(=O)c2ccc(NC(=O)[C@H](C)Oc3ccccc3)cc2)cc1Cl. The van der Waals surface area contributed by atoms with Crippen LogP contribution in [-0.4, -0.2) is 20.4 Å². The van der Waals surface area contributed by atoms with E-state index in [0.717, 1.165) is 5.56 Å². The first-order chi connectivity index (χ1) is 14.2. The highest BCUT2D eigenvalue weighted by molar-refractivity contribution is 7.92. The predicted molar refractivity (Wildman–Crippen MR) is 119 cm³/mol. The number of sulfonamides is 1. The van der Waals surface area contributed by atoms with Crippen molar-refractivity contribution in [1.82, 2.24) is 0 Å². The van der Waals surface area contributed by atoms with E-state index in [1.54, 1.807) is 37.3 Å². The number of para-hydroxylation sites is 1. The van der Waals surface area contributed by atoms with Gasteiger partial charge >= 0.3 is 0 Å². The molecule has 3 aromatic carbocycles. The fraction of sp³-hybridized carbons (Fsp3) is 0.136. The normalized spacial score (nSPS) is 12.1. The number of ether oxygens (including phenoxy) is 1. The molecule has 0 aliphatic carbocycles. The van der Waals surface area contributed by atoms with Gasteiger partial charge in [0.15, 0.2) is 6.10 Å². The van der Waals surface area contributed by atoms with Gasteiger partial charge in [0.25, 0.3) is 15.9 Å². The minimum absolute atomic E-state index is 0.0609. The first-order valence-electron chi connectivity index (χ1n) is 9.16. The second-order valence-electron chi connectivity index (χ2n) is 6.66. The van der Waals surface area contributed by atoms with Crippen molar-refractivity contribution in [2.75, 3.05) is 10.0 Å². The summed E-state index contributed by atoms with van der Waals surface area (Å²) >= 11 is 6.05. The number of amides is 1. The Morgan fingerprint density at radius 3 is 2.23 bits per heavy atom. The van der Waals surface area contributed by atoms with E-state index in [-0.39, 0.29) is 10.8 Å². The predicted octanol–water partition coefficient (Wildman–Crippen LogP) is 4.86. The molecule has 156 valence electrons. The Hall–Kier alpha value is -3.03. The Balaban J connectivity index is 1.64. The lowest BCUT2D eigenvalue weighted by Crippen LogP contribution is -2.30. The zero-order valence-electron chi connectivity index (χ0n) is 16.4. The van der Waals surface area contributed by atoms with Gasteiger partial charge in [0.1, 0.15) is 5.75 Å². The third kappa shape index (κ3) is 5.52. The van der Waals surface area contributed by atoms with Crippen LogP contribution in [0.15, 0.2) is 77.7 Å². The van der Waals surface area contributed by atoms with E-state index in [1.165, 1.54) is 24.3 Å². The van der Waals surface area contributed by atoms with Crippen LogP contribution < -0.4 is 14.8 Å². The standard InChI is InChI=1S/C22H21ClN2O4S/c1-15-8-9-18(14-21(15)23)25-30(27,28)20-12-10-17(11-13-20)24-22(26)16(2)29-19-6-4-3-5-7-19/h3-14,16,25H,1-2H3,(H,24,26)/t16-/m0/s1. The summed E-state index contributed by atoms with van der Waals surface area (Å²) in [5.74, 6) is 0.241. The summed E-state index contributed by atoms with van der Waals surface area (Å²) in [6, 6.07) is 19.8. The van der Waals surface area contributed by atoms with Gasteiger partial charge in [0, 0.05) is 10.7 Å². The first kappa shape index (κ1) is 21.7. The Bertz CT molecular complexity index is 1130. The summed E-state index contributed by atoms with van der Waals surface area (Å²) in [7, 11) is -3.79. The number of anilines is 2. The van der Waals surface area contributed by atoms with Gasteiger partial charge in [0.05, 0.1) is 10.6 Å². The van der Waals surface area contributed by atoms with Crippen LogP contribution in [-0.2, 0) is 14.8 Å². The Morgan fingerprint density at radius 1 is 0.967 bits per heavy atom. The van der Waals surface area contributed by atoms with Crippen LogP contribution >= 0.6 is 11.6 Å². The Kier molecular flexibility index (Phi) is 6.64. The molecule has 0 bridgehead atoms. The lowest BCUT2D eigenvalue weighted by molar-refractivity contribution is -0.122. The molecule has 0 spiro atoms. The number of rotatable bonds is 7. The third-order valence-corrected chi connectivity index (χ3v) is 6.09. The van der Waals surface area contributed by atoms with Crippen molar-refractivity contribution in [3.05, 3.63) is 83.4 Å². The van der Waals surface area contributed by atoms with Gasteiger partial charge in [-0.25, -0.2) is 8.42 Å². The molecule has 0 aliphatic rings. The van der Waals surface area contributed by atoms with E-state index >= 15 is 0 Å². The van der Waals surface area contributed by atoms with E-state index in [1.807, 2.05) is 25.1 Å². The van der Waals surface area contributed by atoms with Crippen LogP contribution in [0.1, 0.15) is 12.5 Å². The molecule has 0 aliphatic heterocycles. The van der Waals surface area contributed by atoms with Crippen LogP contribution in [0.4, 0.5) is 11.4 Å². The van der Waals surface area contributed by atoms with Crippen molar-refractivity contribution >= 4 is 38.9 Å². The molecule has 6 nitrogen and oxygen atoms in total. The molecule has 1 amide bonds. The third-order valence-electron chi connectivity index (χ3n) is 4.28. The number of aryl methyl sites for hydroxylation is 1. The minimum atomic E-state index is -3.79. The van der Waals surface area contributed by atoms with Crippen LogP contribution in [0.3, 0.4) is 0 Å². The van der Waals surface area contributed by atoms with Crippen molar-refractivity contribution in [2.45, 2.75) is 24.8 Å². The summed E-state index contributed by atoms with van der Waals surface area (Å²) in [5.41, 5.74) is 1.68. The molecule has 0 saturated heterocycles. The smallest absolute Gasteiger partial charge is 0.265 e. The van der Waals surface area contributed by atoms with Gasteiger partial charge in [-0.15, -0.1) is 0 Å². The quantitative estimate of drug-likeness (QED) is 0.545. The van der Waals surface area contributed by atoms with Crippen molar-refractivity contribution in [3.63, 3.8) is 0 Å². The van der Waals surface area contributed by atoms with E-state index < -0.39 is 16.1 Å². The molecule has 30 heavy (non-hydrogen) atoms. The number of nitrogens with one attached hydrogen (secondary N) is 2. The lowest BCUT2D eigenvalue weighted by Gasteiger charge is -2.15. The van der Waals surface area contributed by atoms with Crippen LogP contribution in [0.25, 0.3) is 0 Å². The average molecular weight is 445 g/mol. The summed E-state index contributed by atoms with van der Waals surface area (Å²) < 4.78 is 33.2. The molecule has 0 saturated carbocycles. The number of carbonyl (C=O) groups is 1. The van der Waals surface area contributed by atoms with Gasteiger partial charge in [-0.1, -0.05) is 35.9 Å². The van der Waals surface area contributed by atoms with Crippen molar-refractivity contribution < 1.29 is 17.9 Å². The van der Waals surface area contributed by atoms with E-state index in [0.29, 0.717) is 22.1 Å². The summed E-state index contributed by atoms with van der Waals surface area (Å²) in [6.45, 7) is 3.47. The first-order valence-corrected chi connectivity index (χ1v) is 11.0. The van der Waals surface area contributed by atoms with Crippen molar-refractivity contribution in [2.24, 2.45) is 0 Å². The molecule has 0 fully saturated rings. The molecule has 1 atom stereocenters. The second-order valence-corrected chi connectivity index (χ2v) is 8.75. The number of halogens is 1. The highest BCUT2D eigenvalue weighted by Crippen LogP contribution is 2.23. The topological polar surface area (TPSA) is 84.5 Å². The maximum atomic E-state index is 12.6. The number of hydrogen-bond donors (Lipinski definition) is 2. The lowest BCUT2D eigenvalue weighted by atomic mass is 10.2.